The summed E-state index contributed by atoms with van der Waals surface area (Å²) in [6.45, 7) is 0. The van der Waals surface area contributed by atoms with E-state index in [0.717, 1.165) is 29.3 Å². The molecule has 1 amide bonds. The van der Waals surface area contributed by atoms with Crippen molar-refractivity contribution in [2.45, 2.75) is 6.18 Å². The molecule has 0 unspecified atom stereocenters. The molecule has 0 saturated heterocycles. The van der Waals surface area contributed by atoms with E-state index in [1.807, 2.05) is 42.5 Å². The largest absolute Gasteiger partial charge is 0.416 e. The maximum absolute atomic E-state index is 13.4. The summed E-state index contributed by atoms with van der Waals surface area (Å²) < 4.78 is 52.9. The number of halogens is 5. The highest BCUT2D eigenvalue weighted by atomic mass is 35.5. The zero-order chi connectivity index (χ0) is 25.0. The number of amides is 1. The topological polar surface area (TPSA) is 29.1 Å². The van der Waals surface area contributed by atoms with Gasteiger partial charge in [0.2, 0.25) is 0 Å². The van der Waals surface area contributed by atoms with Gasteiger partial charge in [-0.25, -0.2) is 4.39 Å². The molecule has 2 nitrogen and oxygen atoms in total. The monoisotopic (exact) mass is 495 g/mol. The van der Waals surface area contributed by atoms with Crippen LogP contribution in [0.15, 0.2) is 97.1 Å². The second-order valence-corrected chi connectivity index (χ2v) is 8.11. The lowest BCUT2D eigenvalue weighted by atomic mass is 9.98. The highest BCUT2D eigenvalue weighted by molar-refractivity contribution is 6.35. The Morgan fingerprint density at radius 2 is 1.43 bits per heavy atom. The van der Waals surface area contributed by atoms with Crippen LogP contribution in [0.4, 0.5) is 23.2 Å². The molecule has 0 bridgehead atoms. The first-order valence-electron chi connectivity index (χ1n) is 10.5. The maximum Gasteiger partial charge on any atom is 0.416 e. The summed E-state index contributed by atoms with van der Waals surface area (Å²) in [6, 6.07) is 25.0. The van der Waals surface area contributed by atoms with E-state index in [1.165, 1.54) is 30.3 Å². The van der Waals surface area contributed by atoms with Crippen LogP contribution in [0.3, 0.4) is 0 Å². The molecular formula is C28H18ClF4NO. The second kappa shape index (κ2) is 10.2. The summed E-state index contributed by atoms with van der Waals surface area (Å²) in [7, 11) is 0. The average Bonchev–Trinajstić information content (AvgIpc) is 2.85. The minimum Gasteiger partial charge on any atom is -0.321 e. The van der Waals surface area contributed by atoms with Gasteiger partial charge in [-0.2, -0.15) is 13.2 Å². The first-order valence-corrected chi connectivity index (χ1v) is 10.9. The lowest BCUT2D eigenvalue weighted by Gasteiger charge is -2.14. The molecule has 7 heteroatoms. The summed E-state index contributed by atoms with van der Waals surface area (Å²) in [5, 5.41) is 2.45. The number of carbonyl (C=O) groups is 1. The van der Waals surface area contributed by atoms with Crippen LogP contribution in [0.25, 0.3) is 22.8 Å². The van der Waals surface area contributed by atoms with Crippen LogP contribution in [-0.4, -0.2) is 5.91 Å². The Labute approximate surface area is 204 Å². The van der Waals surface area contributed by atoms with Crippen LogP contribution < -0.4 is 5.32 Å². The van der Waals surface area contributed by atoms with Gasteiger partial charge in [0.1, 0.15) is 5.82 Å². The van der Waals surface area contributed by atoms with Gasteiger partial charge in [-0.3, -0.25) is 4.79 Å². The minimum absolute atomic E-state index is 0.0353. The molecule has 0 aromatic heterocycles. The summed E-state index contributed by atoms with van der Waals surface area (Å²) in [4.78, 5) is 13.3. The van der Waals surface area contributed by atoms with Crippen LogP contribution in [-0.2, 0) is 11.0 Å². The van der Waals surface area contributed by atoms with Gasteiger partial charge in [0, 0.05) is 5.57 Å². The van der Waals surface area contributed by atoms with Crippen molar-refractivity contribution in [3.63, 3.8) is 0 Å². The van der Waals surface area contributed by atoms with Gasteiger partial charge in [0.15, 0.2) is 0 Å². The maximum atomic E-state index is 13.4. The lowest BCUT2D eigenvalue weighted by Crippen LogP contribution is -2.15. The number of hydrogen-bond donors (Lipinski definition) is 1. The van der Waals surface area contributed by atoms with Gasteiger partial charge in [-0.05, 0) is 58.7 Å². The normalized spacial score (nSPS) is 11.9. The Morgan fingerprint density at radius 3 is 2.06 bits per heavy atom. The Morgan fingerprint density at radius 1 is 0.800 bits per heavy atom. The molecule has 4 rings (SSSR count). The molecule has 0 heterocycles. The van der Waals surface area contributed by atoms with Crippen LogP contribution in [0.1, 0.15) is 16.7 Å². The third kappa shape index (κ3) is 5.97. The van der Waals surface area contributed by atoms with Crippen molar-refractivity contribution < 1.29 is 22.4 Å². The van der Waals surface area contributed by atoms with Crippen molar-refractivity contribution in [2.75, 3.05) is 5.32 Å². The Hall–Kier alpha value is -3.90. The van der Waals surface area contributed by atoms with E-state index in [4.69, 9.17) is 11.6 Å². The minimum atomic E-state index is -4.59. The average molecular weight is 496 g/mol. The third-order valence-electron chi connectivity index (χ3n) is 5.27. The standard InChI is InChI=1S/C28H18ClF4NO/c29-25-15-12-22(28(31,32)33)17-26(25)34-27(35)24(16-18-6-13-23(30)14-7-18)21-10-8-20(9-11-21)19-4-2-1-3-5-19/h1-17H,(H,34,35). The van der Waals surface area contributed by atoms with E-state index in [-0.39, 0.29) is 16.3 Å². The van der Waals surface area contributed by atoms with Gasteiger partial charge >= 0.3 is 6.18 Å². The van der Waals surface area contributed by atoms with Gasteiger partial charge in [-0.1, -0.05) is 78.3 Å². The zero-order valence-corrected chi connectivity index (χ0v) is 18.9. The van der Waals surface area contributed by atoms with E-state index in [1.54, 1.807) is 12.1 Å². The Kier molecular flexibility index (Phi) is 7.03. The summed E-state index contributed by atoms with van der Waals surface area (Å²) in [5.41, 5.74) is 2.05. The Bertz CT molecular complexity index is 1360. The van der Waals surface area contributed by atoms with Crippen LogP contribution in [0, 0.1) is 5.82 Å². The number of anilines is 1. The lowest BCUT2D eigenvalue weighted by molar-refractivity contribution is -0.137. The van der Waals surface area contributed by atoms with Crippen molar-refractivity contribution >= 4 is 34.8 Å². The highest BCUT2D eigenvalue weighted by Crippen LogP contribution is 2.34. The smallest absolute Gasteiger partial charge is 0.321 e. The predicted molar refractivity (Wildman–Crippen MR) is 131 cm³/mol. The molecule has 0 aliphatic heterocycles. The van der Waals surface area contributed by atoms with Crippen LogP contribution >= 0.6 is 11.6 Å². The molecule has 4 aromatic rings. The predicted octanol–water partition coefficient (Wildman–Crippen LogP) is 8.34. The first-order chi connectivity index (χ1) is 16.7. The molecular weight excluding hydrogens is 478 g/mol. The molecule has 35 heavy (non-hydrogen) atoms. The van der Waals surface area contributed by atoms with Gasteiger partial charge in [0.05, 0.1) is 16.3 Å². The van der Waals surface area contributed by atoms with Crippen molar-refractivity contribution in [2.24, 2.45) is 0 Å². The number of rotatable bonds is 5. The number of alkyl halides is 3. The van der Waals surface area contributed by atoms with Crippen molar-refractivity contribution in [3.05, 3.63) is 125 Å². The van der Waals surface area contributed by atoms with Gasteiger partial charge in [0.25, 0.3) is 5.91 Å². The quantitative estimate of drug-likeness (QED) is 0.168. The molecule has 0 spiro atoms. The third-order valence-corrected chi connectivity index (χ3v) is 5.60. The van der Waals surface area contributed by atoms with E-state index >= 15 is 0 Å². The molecule has 4 aromatic carbocycles. The number of benzene rings is 4. The number of carbonyl (C=O) groups excluding carboxylic acids is 1. The fourth-order valence-corrected chi connectivity index (χ4v) is 3.63. The van der Waals surface area contributed by atoms with Crippen molar-refractivity contribution in [1.82, 2.24) is 0 Å². The van der Waals surface area contributed by atoms with E-state index in [2.05, 4.69) is 5.32 Å². The first kappa shape index (κ1) is 24.2. The van der Waals surface area contributed by atoms with E-state index in [9.17, 15) is 22.4 Å². The Balaban J connectivity index is 1.71. The van der Waals surface area contributed by atoms with Gasteiger partial charge in [-0.15, -0.1) is 0 Å². The molecule has 0 radical (unpaired) electrons. The molecule has 0 atom stereocenters. The fourth-order valence-electron chi connectivity index (χ4n) is 3.47. The van der Waals surface area contributed by atoms with Gasteiger partial charge < -0.3 is 5.32 Å². The number of hydrogen-bond acceptors (Lipinski definition) is 1. The van der Waals surface area contributed by atoms with Crippen molar-refractivity contribution in [1.29, 1.82) is 0 Å². The summed E-state index contributed by atoms with van der Waals surface area (Å²) in [6.07, 6.45) is -3.06. The molecule has 1 N–H and O–H groups in total. The van der Waals surface area contributed by atoms with E-state index < -0.39 is 23.5 Å². The van der Waals surface area contributed by atoms with Crippen LogP contribution in [0.2, 0.25) is 5.02 Å². The van der Waals surface area contributed by atoms with E-state index in [0.29, 0.717) is 11.1 Å². The zero-order valence-electron chi connectivity index (χ0n) is 18.1. The SMILES string of the molecule is O=C(Nc1cc(C(F)(F)F)ccc1Cl)C(=Cc1ccc(F)cc1)c1ccc(-c2ccccc2)cc1. The van der Waals surface area contributed by atoms with Crippen LogP contribution in [0.5, 0.6) is 0 Å². The molecule has 176 valence electrons. The van der Waals surface area contributed by atoms with Crippen molar-refractivity contribution in [3.8, 4) is 11.1 Å². The number of nitrogens with one attached hydrogen (secondary N) is 1. The molecule has 0 fully saturated rings. The molecule has 0 saturated carbocycles. The summed E-state index contributed by atoms with van der Waals surface area (Å²) in [5.74, 6) is -1.10. The summed E-state index contributed by atoms with van der Waals surface area (Å²) >= 11 is 6.06. The second-order valence-electron chi connectivity index (χ2n) is 7.70. The molecule has 0 aliphatic carbocycles. The fraction of sp³-hybridized carbons (Fsp3) is 0.0357. The molecule has 0 aliphatic rings. The highest BCUT2D eigenvalue weighted by Gasteiger charge is 2.31.